The summed E-state index contributed by atoms with van der Waals surface area (Å²) in [5.41, 5.74) is 5.43. The van der Waals surface area contributed by atoms with Gasteiger partial charge in [0, 0.05) is 5.57 Å². The highest BCUT2D eigenvalue weighted by Gasteiger charge is 2.35. The maximum absolute atomic E-state index is 12.1. The Bertz CT molecular complexity index is 549. The van der Waals surface area contributed by atoms with Gasteiger partial charge in [0.15, 0.2) is 0 Å². The number of fused-ring (bicyclic) bond motifs is 2. The van der Waals surface area contributed by atoms with E-state index in [2.05, 4.69) is 11.4 Å². The van der Waals surface area contributed by atoms with Gasteiger partial charge in [-0.05, 0) is 47.8 Å². The van der Waals surface area contributed by atoms with Crippen molar-refractivity contribution < 1.29 is 15.0 Å². The number of carbonyl (C=O) groups is 1. The van der Waals surface area contributed by atoms with E-state index in [0.29, 0.717) is 5.57 Å². The molecule has 1 amide bonds. The van der Waals surface area contributed by atoms with Gasteiger partial charge in [0.05, 0.1) is 18.8 Å². The van der Waals surface area contributed by atoms with Gasteiger partial charge in [-0.1, -0.05) is 6.08 Å². The summed E-state index contributed by atoms with van der Waals surface area (Å²) < 4.78 is 0. The van der Waals surface area contributed by atoms with Crippen LogP contribution in [0, 0.1) is 0 Å². The van der Waals surface area contributed by atoms with Gasteiger partial charge < -0.3 is 15.5 Å². The molecule has 0 heterocycles. The van der Waals surface area contributed by atoms with E-state index in [1.165, 1.54) is 11.1 Å². The van der Waals surface area contributed by atoms with Gasteiger partial charge in [0.25, 0.3) is 5.91 Å². The first-order valence-electron chi connectivity index (χ1n) is 6.08. The van der Waals surface area contributed by atoms with Gasteiger partial charge in [-0.25, -0.2) is 0 Å². The first-order valence-corrected chi connectivity index (χ1v) is 6.08. The summed E-state index contributed by atoms with van der Waals surface area (Å²) in [5, 5.41) is 21.2. The summed E-state index contributed by atoms with van der Waals surface area (Å²) in [5.74, 6) is -0.241. The topological polar surface area (TPSA) is 69.6 Å². The molecule has 2 atom stereocenters. The number of rotatable bonds is 4. The molecule has 18 heavy (non-hydrogen) atoms. The number of hydrogen-bond acceptors (Lipinski definition) is 3. The molecular weight excluding hydrogens is 230 g/mol. The van der Waals surface area contributed by atoms with Gasteiger partial charge in [-0.3, -0.25) is 4.79 Å². The van der Waals surface area contributed by atoms with Crippen molar-refractivity contribution >= 4 is 5.91 Å². The molecule has 4 nitrogen and oxygen atoms in total. The Kier molecular flexibility index (Phi) is 2.50. The van der Waals surface area contributed by atoms with Crippen LogP contribution >= 0.6 is 0 Å². The maximum atomic E-state index is 12.1. The Balaban J connectivity index is 1.79. The molecule has 4 heteroatoms. The standard InChI is InChI=1S/C14H15NO3/c1-7(17)13(6-16)15-14(18)10-3-2-9-11-4-8(11)5-12(9)10/h2-3,5,7,13,16-17H,4,6H2,1H3,(H,15,18)/t7-,13-/m1/s1. The third-order valence-electron chi connectivity index (χ3n) is 3.61. The number of aliphatic hydroxyl groups is 2. The second kappa shape index (κ2) is 3.93. The van der Waals surface area contributed by atoms with E-state index in [1.807, 2.05) is 6.08 Å². The molecular formula is C14H15NO3. The van der Waals surface area contributed by atoms with Crippen LogP contribution in [-0.4, -0.2) is 34.9 Å². The summed E-state index contributed by atoms with van der Waals surface area (Å²) >= 11 is 0. The Morgan fingerprint density at radius 1 is 1.44 bits per heavy atom. The van der Waals surface area contributed by atoms with Gasteiger partial charge in [-0.2, -0.15) is 0 Å². The van der Waals surface area contributed by atoms with Crippen molar-refractivity contribution in [2.24, 2.45) is 0 Å². The van der Waals surface area contributed by atoms with Crippen LogP contribution in [0.4, 0.5) is 0 Å². The Hall–Kier alpha value is -1.65. The van der Waals surface area contributed by atoms with E-state index in [4.69, 9.17) is 5.11 Å². The van der Waals surface area contributed by atoms with Crippen molar-refractivity contribution in [3.05, 3.63) is 46.1 Å². The molecule has 0 aromatic heterocycles. The molecule has 1 saturated carbocycles. The van der Waals surface area contributed by atoms with E-state index < -0.39 is 12.1 Å². The number of nitrogens with one attached hydrogen (secondary N) is 1. The molecule has 0 aromatic rings. The zero-order valence-electron chi connectivity index (χ0n) is 10.1. The molecule has 3 rings (SSSR count). The van der Waals surface area contributed by atoms with Crippen molar-refractivity contribution in [1.82, 2.24) is 5.32 Å². The summed E-state index contributed by atoms with van der Waals surface area (Å²) in [6.45, 7) is 1.27. The number of hydrogen-bond donors (Lipinski definition) is 3. The minimum atomic E-state index is -0.775. The summed E-state index contributed by atoms with van der Waals surface area (Å²) in [6.07, 6.45) is 6.09. The molecule has 0 aromatic carbocycles. The second-order valence-corrected chi connectivity index (χ2v) is 4.90. The van der Waals surface area contributed by atoms with Gasteiger partial charge >= 0.3 is 0 Å². The monoisotopic (exact) mass is 245 g/mol. The highest BCUT2D eigenvalue weighted by atomic mass is 16.3. The quantitative estimate of drug-likeness (QED) is 0.669. The molecule has 0 bridgehead atoms. The minimum absolute atomic E-state index is 0.241. The van der Waals surface area contributed by atoms with Gasteiger partial charge in [0.2, 0.25) is 0 Å². The van der Waals surface area contributed by atoms with Gasteiger partial charge in [0.1, 0.15) is 0 Å². The predicted octanol–water partition coefficient (Wildman–Crippen LogP) is 0.351. The second-order valence-electron chi connectivity index (χ2n) is 4.90. The minimum Gasteiger partial charge on any atom is -0.394 e. The molecule has 0 radical (unpaired) electrons. The fourth-order valence-corrected chi connectivity index (χ4v) is 2.40. The Morgan fingerprint density at radius 3 is 2.89 bits per heavy atom. The lowest BCUT2D eigenvalue weighted by Gasteiger charge is -2.19. The molecule has 0 spiro atoms. The van der Waals surface area contributed by atoms with Crippen molar-refractivity contribution in [3.8, 4) is 0 Å². The molecule has 3 aliphatic rings. The molecule has 0 saturated heterocycles. The number of amides is 1. The van der Waals surface area contributed by atoms with Crippen LogP contribution in [0.2, 0.25) is 0 Å². The summed E-state index contributed by atoms with van der Waals surface area (Å²) in [4.78, 5) is 12.1. The Labute approximate surface area is 105 Å². The lowest BCUT2D eigenvalue weighted by atomic mass is 10.1. The SMILES string of the molecule is C[C@@H](O)[C@@H](CO)NC(=O)C1=C2C=C3CC3=C2C=C1. The normalized spacial score (nSPS) is 22.7. The lowest BCUT2D eigenvalue weighted by Crippen LogP contribution is -2.45. The predicted molar refractivity (Wildman–Crippen MR) is 66.6 cm³/mol. The van der Waals surface area contributed by atoms with Crippen LogP contribution in [0.25, 0.3) is 0 Å². The molecule has 3 N–H and O–H groups in total. The fourth-order valence-electron chi connectivity index (χ4n) is 2.40. The average molecular weight is 245 g/mol. The fraction of sp³-hybridized carbons (Fsp3) is 0.357. The smallest absolute Gasteiger partial charge is 0.252 e. The first kappa shape index (κ1) is 11.4. The van der Waals surface area contributed by atoms with Crippen molar-refractivity contribution in [2.45, 2.75) is 25.5 Å². The largest absolute Gasteiger partial charge is 0.394 e. The van der Waals surface area contributed by atoms with E-state index in [-0.39, 0.29) is 12.5 Å². The van der Waals surface area contributed by atoms with Gasteiger partial charge in [-0.15, -0.1) is 0 Å². The van der Waals surface area contributed by atoms with Crippen LogP contribution in [0.1, 0.15) is 13.3 Å². The maximum Gasteiger partial charge on any atom is 0.252 e. The highest BCUT2D eigenvalue weighted by Crippen LogP contribution is 2.51. The molecule has 0 unspecified atom stereocenters. The van der Waals surface area contributed by atoms with Crippen LogP contribution in [0.15, 0.2) is 46.1 Å². The first-order chi connectivity index (χ1) is 8.61. The zero-order valence-corrected chi connectivity index (χ0v) is 10.1. The highest BCUT2D eigenvalue weighted by molar-refractivity contribution is 6.02. The van der Waals surface area contributed by atoms with E-state index in [0.717, 1.165) is 17.6 Å². The van der Waals surface area contributed by atoms with E-state index in [1.54, 1.807) is 13.0 Å². The summed E-state index contributed by atoms with van der Waals surface area (Å²) in [7, 11) is 0. The zero-order chi connectivity index (χ0) is 12.9. The summed E-state index contributed by atoms with van der Waals surface area (Å²) in [6, 6.07) is -0.626. The van der Waals surface area contributed by atoms with Crippen LogP contribution in [-0.2, 0) is 4.79 Å². The number of carbonyl (C=O) groups excluding carboxylic acids is 1. The van der Waals surface area contributed by atoms with Crippen molar-refractivity contribution in [1.29, 1.82) is 0 Å². The van der Waals surface area contributed by atoms with Crippen LogP contribution < -0.4 is 5.32 Å². The molecule has 0 aliphatic heterocycles. The van der Waals surface area contributed by atoms with E-state index in [9.17, 15) is 9.90 Å². The molecule has 3 aliphatic carbocycles. The van der Waals surface area contributed by atoms with E-state index >= 15 is 0 Å². The number of allylic oxidation sites excluding steroid dienone is 6. The third-order valence-corrected chi connectivity index (χ3v) is 3.61. The Morgan fingerprint density at radius 2 is 2.22 bits per heavy atom. The molecule has 94 valence electrons. The number of aliphatic hydroxyl groups excluding tert-OH is 2. The lowest BCUT2D eigenvalue weighted by molar-refractivity contribution is -0.119. The molecule has 1 fully saturated rings. The van der Waals surface area contributed by atoms with Crippen molar-refractivity contribution in [2.75, 3.05) is 6.61 Å². The third kappa shape index (κ3) is 1.65. The van der Waals surface area contributed by atoms with Crippen molar-refractivity contribution in [3.63, 3.8) is 0 Å². The van der Waals surface area contributed by atoms with Crippen LogP contribution in [0.5, 0.6) is 0 Å². The average Bonchev–Trinajstić information content (AvgIpc) is 2.83. The van der Waals surface area contributed by atoms with Crippen LogP contribution in [0.3, 0.4) is 0 Å².